The van der Waals surface area contributed by atoms with E-state index in [4.69, 9.17) is 0 Å². The molecular weight excluding hydrogens is 423 g/mol. The molecule has 4 aromatic rings. The zero-order valence-electron chi connectivity index (χ0n) is 18.1. The van der Waals surface area contributed by atoms with Crippen molar-refractivity contribution < 1.29 is 9.18 Å². The van der Waals surface area contributed by atoms with Gasteiger partial charge in [0.05, 0.1) is 11.9 Å². The molecule has 0 atom stereocenters. The fraction of sp³-hybridized carbons (Fsp3) is 0.269. The summed E-state index contributed by atoms with van der Waals surface area (Å²) in [7, 11) is 0. The summed E-state index contributed by atoms with van der Waals surface area (Å²) in [5.74, 6) is -0.107. The maximum absolute atomic E-state index is 13.6. The third-order valence-electron chi connectivity index (χ3n) is 6.33. The highest BCUT2D eigenvalue weighted by atomic mass is 32.1. The number of aromatic nitrogens is 2. The Morgan fingerprint density at radius 2 is 1.88 bits per heavy atom. The van der Waals surface area contributed by atoms with Crippen LogP contribution < -0.4 is 5.56 Å². The summed E-state index contributed by atoms with van der Waals surface area (Å²) in [6.45, 7) is 3.23. The molecule has 6 heteroatoms. The minimum Gasteiger partial charge on any atom is -0.292 e. The van der Waals surface area contributed by atoms with Crippen LogP contribution in [0.3, 0.4) is 0 Å². The fourth-order valence-corrected chi connectivity index (χ4v) is 5.46. The number of thiophene rings is 1. The standard InChI is InChI=1S/C26H23FN2O2S/c1-15-11-20(9-10-22(15)27)23(30)13-29-16(2)28-25-24(26(29)31)21(14-32-25)19-8-7-17-5-3-4-6-18(17)12-19/h7-12,14H,3-6,13H2,1-2H3. The molecule has 0 bridgehead atoms. The Bertz CT molecular complexity index is 1430. The summed E-state index contributed by atoms with van der Waals surface area (Å²) >= 11 is 1.45. The molecule has 1 aliphatic rings. The summed E-state index contributed by atoms with van der Waals surface area (Å²) in [4.78, 5) is 31.7. The number of carbonyl (C=O) groups is 1. The molecule has 0 fully saturated rings. The summed E-state index contributed by atoms with van der Waals surface area (Å²) < 4.78 is 15.0. The molecule has 2 heterocycles. The van der Waals surface area contributed by atoms with E-state index in [1.165, 1.54) is 58.1 Å². The van der Waals surface area contributed by atoms with Crippen LogP contribution in [0.2, 0.25) is 0 Å². The molecule has 2 aromatic heterocycles. The summed E-state index contributed by atoms with van der Waals surface area (Å²) in [6.07, 6.45) is 4.60. The normalized spacial score (nSPS) is 13.3. The van der Waals surface area contributed by atoms with Crippen LogP contribution in [0.4, 0.5) is 4.39 Å². The summed E-state index contributed by atoms with van der Waals surface area (Å²) in [5.41, 5.74) is 5.22. The van der Waals surface area contributed by atoms with Gasteiger partial charge in [-0.15, -0.1) is 11.3 Å². The lowest BCUT2D eigenvalue weighted by Crippen LogP contribution is -2.27. The van der Waals surface area contributed by atoms with Crippen molar-refractivity contribution in [3.05, 3.63) is 86.0 Å². The first kappa shape index (κ1) is 20.8. The lowest BCUT2D eigenvalue weighted by Gasteiger charge is -2.16. The zero-order valence-corrected chi connectivity index (χ0v) is 18.9. The first-order chi connectivity index (χ1) is 15.4. The van der Waals surface area contributed by atoms with Gasteiger partial charge in [0.2, 0.25) is 0 Å². The van der Waals surface area contributed by atoms with Gasteiger partial charge in [0.1, 0.15) is 16.5 Å². The van der Waals surface area contributed by atoms with Crippen LogP contribution in [-0.4, -0.2) is 15.3 Å². The SMILES string of the molecule is Cc1cc(C(=O)Cn2c(C)nc3scc(-c4ccc5c(c4)CCCC5)c3c2=O)ccc1F. The van der Waals surface area contributed by atoms with Crippen molar-refractivity contribution in [3.8, 4) is 11.1 Å². The average molecular weight is 447 g/mol. The Hall–Kier alpha value is -3.12. The number of hydrogen-bond acceptors (Lipinski definition) is 4. The number of rotatable bonds is 4. The molecule has 32 heavy (non-hydrogen) atoms. The van der Waals surface area contributed by atoms with E-state index >= 15 is 0 Å². The van der Waals surface area contributed by atoms with Crippen LogP contribution in [0.25, 0.3) is 21.3 Å². The number of carbonyl (C=O) groups excluding carboxylic acids is 1. The van der Waals surface area contributed by atoms with Gasteiger partial charge in [-0.05, 0) is 80.0 Å². The maximum Gasteiger partial charge on any atom is 0.263 e. The molecule has 4 nitrogen and oxygen atoms in total. The van der Waals surface area contributed by atoms with Gasteiger partial charge in [0.15, 0.2) is 5.78 Å². The van der Waals surface area contributed by atoms with Gasteiger partial charge < -0.3 is 0 Å². The van der Waals surface area contributed by atoms with Crippen molar-refractivity contribution in [2.45, 2.75) is 46.1 Å². The highest BCUT2D eigenvalue weighted by molar-refractivity contribution is 7.17. The molecule has 162 valence electrons. The summed E-state index contributed by atoms with van der Waals surface area (Å²) in [6, 6.07) is 10.7. The van der Waals surface area contributed by atoms with Gasteiger partial charge in [-0.3, -0.25) is 14.2 Å². The number of ketones is 1. The van der Waals surface area contributed by atoms with Crippen molar-refractivity contribution in [1.29, 1.82) is 0 Å². The number of halogens is 1. The Morgan fingerprint density at radius 1 is 1.09 bits per heavy atom. The zero-order chi connectivity index (χ0) is 22.4. The second kappa shape index (κ2) is 8.10. The second-order valence-electron chi connectivity index (χ2n) is 8.46. The molecular formula is C26H23FN2O2S. The van der Waals surface area contributed by atoms with E-state index < -0.39 is 0 Å². The molecule has 0 aliphatic heterocycles. The van der Waals surface area contributed by atoms with Crippen LogP contribution >= 0.6 is 11.3 Å². The second-order valence-corrected chi connectivity index (χ2v) is 9.32. The monoisotopic (exact) mass is 446 g/mol. The van der Waals surface area contributed by atoms with Crippen molar-refractivity contribution in [2.75, 3.05) is 0 Å². The van der Waals surface area contributed by atoms with E-state index in [0.29, 0.717) is 27.2 Å². The predicted octanol–water partition coefficient (Wildman–Crippen LogP) is 5.64. The van der Waals surface area contributed by atoms with Crippen LogP contribution in [-0.2, 0) is 19.4 Å². The largest absolute Gasteiger partial charge is 0.292 e. The third-order valence-corrected chi connectivity index (χ3v) is 7.20. The molecule has 0 unspecified atom stereocenters. The maximum atomic E-state index is 13.6. The van der Waals surface area contributed by atoms with E-state index in [9.17, 15) is 14.0 Å². The molecule has 5 rings (SSSR count). The molecule has 0 amide bonds. The minimum absolute atomic E-state index is 0.127. The molecule has 0 radical (unpaired) electrons. The number of Topliss-reactive ketones (excluding diaryl/α,β-unsaturated/α-hetero) is 1. The number of hydrogen-bond donors (Lipinski definition) is 0. The highest BCUT2D eigenvalue weighted by Gasteiger charge is 2.19. The predicted molar refractivity (Wildman–Crippen MR) is 126 cm³/mol. The molecule has 0 saturated heterocycles. The van der Waals surface area contributed by atoms with Crippen molar-refractivity contribution in [1.82, 2.24) is 9.55 Å². The van der Waals surface area contributed by atoms with Gasteiger partial charge in [-0.1, -0.05) is 18.2 Å². The first-order valence-electron chi connectivity index (χ1n) is 10.8. The van der Waals surface area contributed by atoms with Crippen LogP contribution in [0, 0.1) is 19.7 Å². The lowest BCUT2D eigenvalue weighted by atomic mass is 9.89. The van der Waals surface area contributed by atoms with Gasteiger partial charge in [0.25, 0.3) is 5.56 Å². The van der Waals surface area contributed by atoms with Crippen LogP contribution in [0.5, 0.6) is 0 Å². The lowest BCUT2D eigenvalue weighted by molar-refractivity contribution is 0.0969. The van der Waals surface area contributed by atoms with Gasteiger partial charge in [-0.25, -0.2) is 9.37 Å². The van der Waals surface area contributed by atoms with Crippen molar-refractivity contribution >= 4 is 27.3 Å². The Balaban J connectivity index is 1.57. The average Bonchev–Trinajstić information content (AvgIpc) is 3.21. The Labute approximate surface area is 189 Å². The molecule has 0 N–H and O–H groups in total. The van der Waals surface area contributed by atoms with E-state index in [-0.39, 0.29) is 23.7 Å². The number of fused-ring (bicyclic) bond motifs is 2. The van der Waals surface area contributed by atoms with Gasteiger partial charge in [-0.2, -0.15) is 0 Å². The van der Waals surface area contributed by atoms with Gasteiger partial charge in [0, 0.05) is 16.5 Å². The van der Waals surface area contributed by atoms with Crippen molar-refractivity contribution in [3.63, 3.8) is 0 Å². The smallest absolute Gasteiger partial charge is 0.263 e. The number of aryl methyl sites for hydroxylation is 4. The van der Waals surface area contributed by atoms with E-state index in [1.807, 2.05) is 5.38 Å². The quantitative estimate of drug-likeness (QED) is 0.381. The number of nitrogens with zero attached hydrogens (tertiary/aromatic N) is 2. The van der Waals surface area contributed by atoms with E-state index in [2.05, 4.69) is 23.2 Å². The first-order valence-corrected chi connectivity index (χ1v) is 11.7. The van der Waals surface area contributed by atoms with Crippen molar-refractivity contribution in [2.24, 2.45) is 0 Å². The summed E-state index contributed by atoms with van der Waals surface area (Å²) in [5, 5.41) is 2.54. The van der Waals surface area contributed by atoms with Gasteiger partial charge >= 0.3 is 0 Å². The molecule has 1 aliphatic carbocycles. The number of benzene rings is 2. The Kier molecular flexibility index (Phi) is 5.25. The van der Waals surface area contributed by atoms with E-state index in [0.717, 1.165) is 24.0 Å². The molecule has 0 spiro atoms. The minimum atomic E-state index is -0.356. The van der Waals surface area contributed by atoms with Crippen LogP contribution in [0.1, 0.15) is 45.7 Å². The topological polar surface area (TPSA) is 52.0 Å². The molecule has 2 aromatic carbocycles. The highest BCUT2D eigenvalue weighted by Crippen LogP contribution is 2.33. The fourth-order valence-electron chi connectivity index (χ4n) is 4.48. The molecule has 0 saturated carbocycles. The van der Waals surface area contributed by atoms with E-state index in [1.54, 1.807) is 13.8 Å². The van der Waals surface area contributed by atoms with Crippen LogP contribution in [0.15, 0.2) is 46.6 Å². The third kappa shape index (κ3) is 3.58. The Morgan fingerprint density at radius 3 is 2.66 bits per heavy atom.